The topological polar surface area (TPSA) is 169 Å². The summed E-state index contributed by atoms with van der Waals surface area (Å²) >= 11 is 0. The maximum Gasteiger partial charge on any atom is 0.330 e. The molecular weight excluding hydrogens is 398 g/mol. The first-order valence-corrected chi connectivity index (χ1v) is 9.56. The highest BCUT2D eigenvalue weighted by atomic mass is 16.6. The Bertz CT molecular complexity index is 980. The predicted molar refractivity (Wildman–Crippen MR) is 103 cm³/mol. The molecule has 2 aliphatic rings. The number of hydrogen-bond donors (Lipinski definition) is 2. The third kappa shape index (κ3) is 4.90. The molecule has 2 unspecified atom stereocenters. The number of nitrogens with one attached hydrogen (secondary N) is 1. The second kappa shape index (κ2) is 8.23. The van der Waals surface area contributed by atoms with Crippen LogP contribution in [0.2, 0.25) is 0 Å². The van der Waals surface area contributed by atoms with E-state index in [0.717, 1.165) is 0 Å². The summed E-state index contributed by atoms with van der Waals surface area (Å²) in [5, 5.41) is 13.7. The zero-order chi connectivity index (χ0) is 22.1. The number of aromatic amines is 1. The van der Waals surface area contributed by atoms with Crippen molar-refractivity contribution >= 4 is 5.97 Å². The van der Waals surface area contributed by atoms with Gasteiger partial charge in [0.2, 0.25) is 0 Å². The van der Waals surface area contributed by atoms with Crippen LogP contribution in [-0.4, -0.2) is 57.2 Å². The number of nitrogens with zero attached hydrogens (tertiary/aromatic N) is 4. The van der Waals surface area contributed by atoms with Gasteiger partial charge in [0.1, 0.15) is 18.9 Å². The molecule has 1 aromatic heterocycles. The second-order valence-electron chi connectivity index (χ2n) is 8.39. The van der Waals surface area contributed by atoms with E-state index < -0.39 is 46.8 Å². The van der Waals surface area contributed by atoms with Crippen LogP contribution in [-0.2, 0) is 19.0 Å². The number of carbonyl (C=O) groups is 1. The average Bonchev–Trinajstić information content (AvgIpc) is 3.16. The van der Waals surface area contributed by atoms with Crippen LogP contribution in [0.25, 0.3) is 10.4 Å². The van der Waals surface area contributed by atoms with Gasteiger partial charge in [0, 0.05) is 29.5 Å². The van der Waals surface area contributed by atoms with Crippen LogP contribution in [0, 0.1) is 6.92 Å². The monoisotopic (exact) mass is 423 g/mol. The van der Waals surface area contributed by atoms with Crippen LogP contribution in [0.1, 0.15) is 44.9 Å². The summed E-state index contributed by atoms with van der Waals surface area (Å²) in [6.07, 6.45) is 0.267. The van der Waals surface area contributed by atoms with Crippen molar-refractivity contribution in [1.82, 2.24) is 9.55 Å². The van der Waals surface area contributed by atoms with Crippen molar-refractivity contribution < 1.29 is 24.1 Å². The Hall–Kier alpha value is -2.66. The Balaban J connectivity index is 1.64. The maximum absolute atomic E-state index is 12.3. The molecule has 0 spiro atoms. The molecular formula is C18H25N5O7. The number of carbonyl (C=O) groups excluding carboxylic acids is 1. The van der Waals surface area contributed by atoms with Gasteiger partial charge in [-0.2, -0.15) is 0 Å². The van der Waals surface area contributed by atoms with Crippen LogP contribution in [0.4, 0.5) is 0 Å². The normalized spacial score (nSPS) is 33.3. The van der Waals surface area contributed by atoms with Gasteiger partial charge in [0.05, 0.1) is 30.3 Å². The molecule has 164 valence electrons. The van der Waals surface area contributed by atoms with Gasteiger partial charge in [-0.15, -0.1) is 0 Å². The SMILES string of the molecule is Cc1cn([C@H]2C[C@H](N=[N+]=[N-])[C@@H](COC(=O)CC3(C)CC(C)(O)CO3)O2)c(=O)[nH]c1=O. The lowest BCUT2D eigenvalue weighted by Gasteiger charge is -2.23. The number of rotatable bonds is 6. The standard InChI is InChI=1S/C18H25N5O7/c1-10-6-23(16(26)20-15(10)25)13-4-11(21-22-19)12(30-13)7-28-14(24)5-18(3)8-17(2,27)9-29-18/h6,11-13,27H,4-5,7-9H2,1-3H3,(H,20,25,26)/t11-,12+,13+,17?,18?/m0/s1. The number of esters is 1. The quantitative estimate of drug-likeness (QED) is 0.293. The van der Waals surface area contributed by atoms with Crippen molar-refractivity contribution in [2.75, 3.05) is 13.2 Å². The molecule has 3 heterocycles. The molecule has 30 heavy (non-hydrogen) atoms. The first-order valence-electron chi connectivity index (χ1n) is 9.56. The highest BCUT2D eigenvalue weighted by Crippen LogP contribution is 2.35. The molecule has 12 nitrogen and oxygen atoms in total. The number of aliphatic hydroxyl groups is 1. The fourth-order valence-corrected chi connectivity index (χ4v) is 3.91. The zero-order valence-electron chi connectivity index (χ0n) is 17.0. The van der Waals surface area contributed by atoms with Crippen molar-refractivity contribution in [2.24, 2.45) is 5.11 Å². The van der Waals surface area contributed by atoms with Gasteiger partial charge in [-0.3, -0.25) is 19.1 Å². The summed E-state index contributed by atoms with van der Waals surface area (Å²) in [4.78, 5) is 40.9. The highest BCUT2D eigenvalue weighted by Gasteiger charge is 2.44. The Labute approximate surface area is 171 Å². The number of hydrogen-bond acceptors (Lipinski definition) is 8. The molecule has 12 heteroatoms. The molecule has 0 bridgehead atoms. The third-order valence-corrected chi connectivity index (χ3v) is 5.27. The molecule has 2 fully saturated rings. The van der Waals surface area contributed by atoms with Gasteiger partial charge in [-0.05, 0) is 26.3 Å². The van der Waals surface area contributed by atoms with E-state index in [1.165, 1.54) is 10.8 Å². The second-order valence-corrected chi connectivity index (χ2v) is 8.39. The van der Waals surface area contributed by atoms with Crippen molar-refractivity contribution in [3.8, 4) is 0 Å². The van der Waals surface area contributed by atoms with E-state index in [9.17, 15) is 19.5 Å². The summed E-state index contributed by atoms with van der Waals surface area (Å²) in [6.45, 7) is 4.88. The van der Waals surface area contributed by atoms with Crippen LogP contribution >= 0.6 is 0 Å². The van der Waals surface area contributed by atoms with E-state index in [4.69, 9.17) is 19.7 Å². The molecule has 0 aliphatic carbocycles. The number of ether oxygens (including phenoxy) is 3. The van der Waals surface area contributed by atoms with Gasteiger partial charge in [-0.1, -0.05) is 5.11 Å². The van der Waals surface area contributed by atoms with Gasteiger partial charge in [-0.25, -0.2) is 4.79 Å². The molecule has 0 aromatic carbocycles. The minimum absolute atomic E-state index is 0.0515. The van der Waals surface area contributed by atoms with E-state index in [0.29, 0.717) is 12.0 Å². The molecule has 1 aromatic rings. The van der Waals surface area contributed by atoms with Crippen molar-refractivity contribution in [2.45, 2.75) is 69.6 Å². The largest absolute Gasteiger partial charge is 0.463 e. The van der Waals surface area contributed by atoms with Crippen molar-refractivity contribution in [1.29, 1.82) is 0 Å². The number of H-pyrrole nitrogens is 1. The summed E-state index contributed by atoms with van der Waals surface area (Å²) in [5.41, 5.74) is 6.19. The summed E-state index contributed by atoms with van der Waals surface area (Å²) < 4.78 is 17.9. The lowest BCUT2D eigenvalue weighted by molar-refractivity contribution is -0.154. The molecule has 0 amide bonds. The first-order chi connectivity index (χ1) is 14.0. The molecule has 3 rings (SSSR count). The Morgan fingerprint density at radius 2 is 2.23 bits per heavy atom. The van der Waals surface area contributed by atoms with Gasteiger partial charge >= 0.3 is 11.7 Å². The predicted octanol–water partition coefficient (Wildman–Crippen LogP) is 0.675. The minimum Gasteiger partial charge on any atom is -0.463 e. The molecule has 2 aliphatic heterocycles. The van der Waals surface area contributed by atoms with Crippen molar-refractivity contribution in [3.63, 3.8) is 0 Å². The smallest absolute Gasteiger partial charge is 0.330 e. The Kier molecular flexibility index (Phi) is 6.04. The lowest BCUT2D eigenvalue weighted by Crippen LogP contribution is -2.34. The zero-order valence-corrected chi connectivity index (χ0v) is 17.0. The fraction of sp³-hybridized carbons (Fsp3) is 0.722. The highest BCUT2D eigenvalue weighted by molar-refractivity contribution is 5.70. The summed E-state index contributed by atoms with van der Waals surface area (Å²) in [7, 11) is 0. The number of azide groups is 1. The van der Waals surface area contributed by atoms with E-state index >= 15 is 0 Å². The number of aryl methyl sites for hydroxylation is 1. The first kappa shape index (κ1) is 22.0. The van der Waals surface area contributed by atoms with E-state index in [1.54, 1.807) is 20.8 Å². The van der Waals surface area contributed by atoms with Crippen LogP contribution in [0.15, 0.2) is 20.9 Å². The van der Waals surface area contributed by atoms with Crippen LogP contribution in [0.5, 0.6) is 0 Å². The van der Waals surface area contributed by atoms with Gasteiger partial charge < -0.3 is 19.3 Å². The fourth-order valence-electron chi connectivity index (χ4n) is 3.91. The summed E-state index contributed by atoms with van der Waals surface area (Å²) in [6, 6.07) is -0.661. The lowest BCUT2D eigenvalue weighted by atomic mass is 9.91. The van der Waals surface area contributed by atoms with Gasteiger partial charge in [0.15, 0.2) is 0 Å². The minimum atomic E-state index is -0.995. The van der Waals surface area contributed by atoms with E-state index in [1.807, 2.05) is 0 Å². The van der Waals surface area contributed by atoms with Crippen LogP contribution in [0.3, 0.4) is 0 Å². The molecule has 2 N–H and O–H groups in total. The number of aromatic nitrogens is 2. The van der Waals surface area contributed by atoms with E-state index in [-0.39, 0.29) is 26.1 Å². The molecule has 0 radical (unpaired) electrons. The molecule has 5 atom stereocenters. The molecule has 2 saturated heterocycles. The van der Waals surface area contributed by atoms with Crippen molar-refractivity contribution in [3.05, 3.63) is 43.0 Å². The third-order valence-electron chi connectivity index (χ3n) is 5.27. The van der Waals surface area contributed by atoms with Crippen LogP contribution < -0.4 is 11.2 Å². The Morgan fingerprint density at radius 1 is 1.50 bits per heavy atom. The maximum atomic E-state index is 12.3. The average molecular weight is 423 g/mol. The van der Waals surface area contributed by atoms with E-state index in [2.05, 4.69) is 15.0 Å². The summed E-state index contributed by atoms with van der Waals surface area (Å²) in [5.74, 6) is -0.543. The van der Waals surface area contributed by atoms with Gasteiger partial charge in [0.25, 0.3) is 5.56 Å². The Morgan fingerprint density at radius 3 is 2.87 bits per heavy atom. The molecule has 0 saturated carbocycles.